The second-order valence-corrected chi connectivity index (χ2v) is 6.19. The van der Waals surface area contributed by atoms with E-state index in [0.717, 1.165) is 13.2 Å². The molecule has 2 aromatic rings. The van der Waals surface area contributed by atoms with Crippen LogP contribution in [0.2, 0.25) is 0 Å². The Morgan fingerprint density at radius 2 is 1.68 bits per heavy atom. The van der Waals surface area contributed by atoms with E-state index in [1.807, 2.05) is 12.1 Å². The van der Waals surface area contributed by atoms with Crippen LogP contribution in [0.5, 0.6) is 0 Å². The fourth-order valence-corrected chi connectivity index (χ4v) is 3.67. The van der Waals surface area contributed by atoms with E-state index >= 15 is 0 Å². The fourth-order valence-electron chi connectivity index (χ4n) is 3.67. The summed E-state index contributed by atoms with van der Waals surface area (Å²) in [7, 11) is 0. The van der Waals surface area contributed by atoms with E-state index in [2.05, 4.69) is 60.5 Å². The molecule has 0 radical (unpaired) electrons. The summed E-state index contributed by atoms with van der Waals surface area (Å²) in [5.74, 6) is 0.404. The first-order valence-electron chi connectivity index (χ1n) is 7.97. The van der Waals surface area contributed by atoms with Gasteiger partial charge in [-0.3, -0.25) is 4.84 Å². The predicted octanol–water partition coefficient (Wildman–Crippen LogP) is 3.58. The van der Waals surface area contributed by atoms with Gasteiger partial charge in [-0.05, 0) is 18.1 Å². The summed E-state index contributed by atoms with van der Waals surface area (Å²) < 4.78 is 5.92. The van der Waals surface area contributed by atoms with E-state index in [1.165, 1.54) is 11.1 Å². The molecule has 0 aromatic heterocycles. The van der Waals surface area contributed by atoms with Crippen molar-refractivity contribution in [3.8, 4) is 0 Å². The van der Waals surface area contributed by atoms with Gasteiger partial charge in [0, 0.05) is 12.5 Å². The molecular formula is C19H21NO2. The molecule has 2 aliphatic heterocycles. The van der Waals surface area contributed by atoms with Gasteiger partial charge in [-0.1, -0.05) is 60.7 Å². The van der Waals surface area contributed by atoms with Crippen LogP contribution in [-0.4, -0.2) is 23.8 Å². The lowest BCUT2D eigenvalue weighted by molar-refractivity contribution is -0.189. The lowest BCUT2D eigenvalue weighted by Crippen LogP contribution is -2.36. The molecule has 0 bridgehead atoms. The zero-order chi connectivity index (χ0) is 14.9. The zero-order valence-electron chi connectivity index (χ0n) is 12.8. The van der Waals surface area contributed by atoms with Crippen LogP contribution in [0.15, 0.2) is 60.7 Å². The summed E-state index contributed by atoms with van der Waals surface area (Å²) in [6, 6.07) is 21.3. The van der Waals surface area contributed by atoms with Crippen molar-refractivity contribution in [2.45, 2.75) is 31.7 Å². The van der Waals surface area contributed by atoms with Crippen molar-refractivity contribution in [2.24, 2.45) is 5.92 Å². The number of hydrogen-bond donors (Lipinski definition) is 0. The van der Waals surface area contributed by atoms with Gasteiger partial charge in [0.25, 0.3) is 0 Å². The zero-order valence-corrected chi connectivity index (χ0v) is 12.8. The Morgan fingerprint density at radius 3 is 2.41 bits per heavy atom. The van der Waals surface area contributed by atoms with Crippen molar-refractivity contribution in [1.29, 1.82) is 0 Å². The number of nitrogens with zero attached hydrogens (tertiary/aromatic N) is 1. The average molecular weight is 295 g/mol. The molecule has 0 saturated carbocycles. The number of hydrogen-bond acceptors (Lipinski definition) is 3. The molecule has 22 heavy (non-hydrogen) atoms. The molecule has 0 unspecified atom stereocenters. The minimum atomic E-state index is 0.0971. The largest absolute Gasteiger partial charge is 0.376 e. The molecule has 2 fully saturated rings. The maximum atomic E-state index is 6.34. The Hall–Kier alpha value is -1.68. The second kappa shape index (κ2) is 5.84. The number of fused-ring (bicyclic) bond motifs is 1. The van der Waals surface area contributed by atoms with Crippen LogP contribution in [0.3, 0.4) is 0 Å². The van der Waals surface area contributed by atoms with Gasteiger partial charge in [0.05, 0.1) is 18.8 Å². The highest BCUT2D eigenvalue weighted by Crippen LogP contribution is 2.44. The summed E-state index contributed by atoms with van der Waals surface area (Å²) in [4.78, 5) is 6.34. The molecule has 2 saturated heterocycles. The van der Waals surface area contributed by atoms with E-state index in [-0.39, 0.29) is 12.2 Å². The first kappa shape index (κ1) is 13.9. The predicted molar refractivity (Wildman–Crippen MR) is 84.9 cm³/mol. The van der Waals surface area contributed by atoms with Crippen LogP contribution in [0, 0.1) is 5.92 Å². The van der Waals surface area contributed by atoms with E-state index in [4.69, 9.17) is 9.57 Å². The highest BCUT2D eigenvalue weighted by molar-refractivity contribution is 5.21. The summed E-state index contributed by atoms with van der Waals surface area (Å²) in [6.45, 7) is 3.73. The summed E-state index contributed by atoms with van der Waals surface area (Å²) in [6.07, 6.45) is 0.308. The van der Waals surface area contributed by atoms with Crippen molar-refractivity contribution in [3.63, 3.8) is 0 Å². The molecule has 2 heterocycles. The standard InChI is InChI=1S/C19H21NO2/c1-14-18-17(13-21-14)19(16-10-6-3-7-11-16)22-20(18)12-15-8-4-2-5-9-15/h2-11,14,17-19H,12-13H2,1H3/t14-,17+,18-,19-/m0/s1. The lowest BCUT2D eigenvalue weighted by atomic mass is 9.91. The Morgan fingerprint density at radius 1 is 1.00 bits per heavy atom. The third-order valence-corrected chi connectivity index (χ3v) is 4.75. The Labute approximate surface area is 131 Å². The molecule has 0 amide bonds. The smallest absolute Gasteiger partial charge is 0.111 e. The van der Waals surface area contributed by atoms with Crippen molar-refractivity contribution in [3.05, 3.63) is 71.8 Å². The van der Waals surface area contributed by atoms with Crippen LogP contribution < -0.4 is 0 Å². The molecule has 3 nitrogen and oxygen atoms in total. The third-order valence-electron chi connectivity index (χ3n) is 4.75. The maximum absolute atomic E-state index is 6.34. The summed E-state index contributed by atoms with van der Waals surface area (Å²) >= 11 is 0. The van der Waals surface area contributed by atoms with Crippen LogP contribution in [0.25, 0.3) is 0 Å². The molecular weight excluding hydrogens is 274 g/mol. The molecule has 0 spiro atoms. The van der Waals surface area contributed by atoms with Crippen molar-refractivity contribution < 1.29 is 9.57 Å². The Kier molecular flexibility index (Phi) is 3.70. The first-order valence-corrected chi connectivity index (χ1v) is 7.97. The highest BCUT2D eigenvalue weighted by Gasteiger charge is 2.50. The Bertz CT molecular complexity index is 616. The first-order chi connectivity index (χ1) is 10.8. The minimum Gasteiger partial charge on any atom is -0.376 e. The third kappa shape index (κ3) is 2.45. The van der Waals surface area contributed by atoms with Crippen molar-refractivity contribution >= 4 is 0 Å². The van der Waals surface area contributed by atoms with E-state index < -0.39 is 0 Å². The van der Waals surface area contributed by atoms with Gasteiger partial charge in [0.1, 0.15) is 6.10 Å². The van der Waals surface area contributed by atoms with Gasteiger partial charge in [0.15, 0.2) is 0 Å². The van der Waals surface area contributed by atoms with Crippen LogP contribution in [-0.2, 0) is 16.1 Å². The Balaban J connectivity index is 1.60. The summed E-state index contributed by atoms with van der Waals surface area (Å²) in [5, 5.41) is 2.13. The minimum absolute atomic E-state index is 0.0971. The molecule has 4 rings (SSSR count). The van der Waals surface area contributed by atoms with Crippen molar-refractivity contribution in [1.82, 2.24) is 5.06 Å². The molecule has 0 aliphatic carbocycles. The quantitative estimate of drug-likeness (QED) is 0.864. The van der Waals surface area contributed by atoms with Gasteiger partial charge in [0.2, 0.25) is 0 Å². The van der Waals surface area contributed by atoms with Gasteiger partial charge in [-0.25, -0.2) is 0 Å². The van der Waals surface area contributed by atoms with Crippen LogP contribution >= 0.6 is 0 Å². The van der Waals surface area contributed by atoms with Gasteiger partial charge < -0.3 is 4.74 Å². The van der Waals surface area contributed by atoms with E-state index in [1.54, 1.807) is 0 Å². The number of ether oxygens (including phenoxy) is 1. The average Bonchev–Trinajstić information content (AvgIpc) is 3.11. The second-order valence-electron chi connectivity index (χ2n) is 6.19. The normalized spacial score (nSPS) is 31.3. The lowest BCUT2D eigenvalue weighted by Gasteiger charge is -2.24. The molecule has 4 atom stereocenters. The van der Waals surface area contributed by atoms with Gasteiger partial charge in [-0.15, -0.1) is 0 Å². The highest BCUT2D eigenvalue weighted by atomic mass is 16.7. The van der Waals surface area contributed by atoms with Gasteiger partial charge >= 0.3 is 0 Å². The monoisotopic (exact) mass is 295 g/mol. The SMILES string of the molecule is C[C@@H]1OC[C@@H]2[C@H]1N(Cc1ccccc1)O[C@H]2c1ccccc1. The summed E-state index contributed by atoms with van der Waals surface area (Å²) in [5.41, 5.74) is 2.51. The molecule has 0 N–H and O–H groups in total. The van der Waals surface area contributed by atoms with E-state index in [0.29, 0.717) is 12.0 Å². The molecule has 2 aliphatic rings. The number of hydroxylamine groups is 2. The molecule has 3 heteroatoms. The topological polar surface area (TPSA) is 21.7 Å². The van der Waals surface area contributed by atoms with Crippen LogP contribution in [0.4, 0.5) is 0 Å². The number of rotatable bonds is 3. The van der Waals surface area contributed by atoms with Crippen molar-refractivity contribution in [2.75, 3.05) is 6.61 Å². The van der Waals surface area contributed by atoms with E-state index in [9.17, 15) is 0 Å². The van der Waals surface area contributed by atoms with Gasteiger partial charge in [-0.2, -0.15) is 5.06 Å². The molecule has 2 aromatic carbocycles. The fraction of sp³-hybridized carbons (Fsp3) is 0.368. The molecule has 114 valence electrons. The number of benzene rings is 2. The maximum Gasteiger partial charge on any atom is 0.111 e. The van der Waals surface area contributed by atoms with Crippen LogP contribution in [0.1, 0.15) is 24.2 Å².